The smallest absolute Gasteiger partial charge is 0.137 e. The lowest BCUT2D eigenvalue weighted by molar-refractivity contribution is 0.669. The van der Waals surface area contributed by atoms with Crippen LogP contribution in [-0.4, -0.2) is 0 Å². The van der Waals surface area contributed by atoms with Crippen molar-refractivity contribution in [2.75, 3.05) is 4.90 Å². The van der Waals surface area contributed by atoms with Gasteiger partial charge >= 0.3 is 0 Å². The molecule has 0 saturated heterocycles. The molecule has 0 spiro atoms. The van der Waals surface area contributed by atoms with E-state index in [1.54, 1.807) is 0 Å². The Labute approximate surface area is 376 Å². The van der Waals surface area contributed by atoms with Crippen molar-refractivity contribution >= 4 is 66.5 Å². The van der Waals surface area contributed by atoms with Gasteiger partial charge in [0.05, 0.1) is 5.41 Å². The molecule has 0 atom stereocenters. The molecule has 2 heterocycles. The molecule has 0 saturated carbocycles. The van der Waals surface area contributed by atoms with Crippen LogP contribution in [0, 0.1) is 0 Å². The molecule has 0 amide bonds. The second kappa shape index (κ2) is 14.7. The highest BCUT2D eigenvalue weighted by Gasteiger charge is 2.48. The minimum absolute atomic E-state index is 0.511. The van der Waals surface area contributed by atoms with E-state index in [4.69, 9.17) is 4.42 Å². The predicted molar refractivity (Wildman–Crippen MR) is 269 cm³/mol. The van der Waals surface area contributed by atoms with E-state index in [1.165, 1.54) is 76.2 Å². The van der Waals surface area contributed by atoms with Gasteiger partial charge in [0, 0.05) is 48.9 Å². The van der Waals surface area contributed by atoms with Crippen molar-refractivity contribution in [1.82, 2.24) is 0 Å². The van der Waals surface area contributed by atoms with Gasteiger partial charge < -0.3 is 9.32 Å². The molecular weight excluding hydrogens is 795 g/mol. The van der Waals surface area contributed by atoms with Crippen LogP contribution >= 0.6 is 11.3 Å². The lowest BCUT2D eigenvalue weighted by Gasteiger charge is -2.38. The monoisotopic (exact) mass is 835 g/mol. The number of benzene rings is 9. The highest BCUT2D eigenvalue weighted by molar-refractivity contribution is 7.19. The minimum Gasteiger partial charge on any atom is -0.456 e. The molecule has 2 nitrogen and oxygen atoms in total. The summed E-state index contributed by atoms with van der Waals surface area (Å²) in [5.74, 6) is 0. The molecule has 302 valence electrons. The Bertz CT molecular complexity index is 3510. The lowest BCUT2D eigenvalue weighted by Crippen LogP contribution is -2.31. The normalized spacial score (nSPS) is 13.7. The molecule has 0 N–H and O–H groups in total. The van der Waals surface area contributed by atoms with Gasteiger partial charge in [0.2, 0.25) is 0 Å². The second-order valence-corrected chi connectivity index (χ2v) is 18.2. The van der Waals surface area contributed by atoms with Gasteiger partial charge in [0.1, 0.15) is 11.2 Å². The van der Waals surface area contributed by atoms with Crippen molar-refractivity contribution in [2.24, 2.45) is 0 Å². The number of furan rings is 1. The third-order valence-corrected chi connectivity index (χ3v) is 14.9. The predicted octanol–water partition coefficient (Wildman–Crippen LogP) is 16.9. The van der Waals surface area contributed by atoms with Crippen LogP contribution in [0.3, 0.4) is 0 Å². The van der Waals surface area contributed by atoms with Crippen LogP contribution in [0.15, 0.2) is 228 Å². The van der Waals surface area contributed by atoms with Crippen LogP contribution in [0.1, 0.15) is 33.6 Å². The number of anilines is 3. The molecule has 0 radical (unpaired) electrons. The average molecular weight is 836 g/mol. The Kier molecular flexibility index (Phi) is 8.47. The standard InChI is InChI=1S/C61H41NOS/c1-4-16-40(17-5-1)42-34-43(41-18-6-2-7-19-41)36-45(35-42)61(55-25-13-10-22-49(55)50-23-11-14-26-56(50)61)44-28-32-59-53(37-44)54-38-47(30-33-60(54)64-59)62(46-20-8-3-9-21-46)48-29-31-52-51-24-12-15-27-57(51)63-58(52)39-48/h1-27,29-31,33-39H,28,32H2. The van der Waals surface area contributed by atoms with E-state index in [2.05, 4.69) is 223 Å². The first kappa shape index (κ1) is 36.9. The van der Waals surface area contributed by atoms with Gasteiger partial charge in [0.25, 0.3) is 0 Å². The van der Waals surface area contributed by atoms with Gasteiger partial charge in [0.15, 0.2) is 0 Å². The number of nitrogens with zero attached hydrogens (tertiary/aromatic N) is 1. The number of para-hydroxylation sites is 2. The van der Waals surface area contributed by atoms with E-state index in [9.17, 15) is 0 Å². The van der Waals surface area contributed by atoms with Crippen molar-refractivity contribution in [3.05, 3.63) is 251 Å². The summed E-state index contributed by atoms with van der Waals surface area (Å²) in [7, 11) is 0. The number of fused-ring (bicyclic) bond motifs is 9. The van der Waals surface area contributed by atoms with Crippen LogP contribution in [0.4, 0.5) is 17.1 Å². The Hall–Kier alpha value is -7.72. The molecule has 64 heavy (non-hydrogen) atoms. The number of allylic oxidation sites excluding steroid dienone is 1. The van der Waals surface area contributed by atoms with E-state index in [0.717, 1.165) is 51.8 Å². The topological polar surface area (TPSA) is 16.4 Å². The highest BCUT2D eigenvalue weighted by Crippen LogP contribution is 2.59. The second-order valence-electron chi connectivity index (χ2n) is 17.1. The summed E-state index contributed by atoms with van der Waals surface area (Å²) in [6.45, 7) is 0. The van der Waals surface area contributed by atoms with Gasteiger partial charge in [-0.25, -0.2) is 0 Å². The number of rotatable bonds is 7. The Morgan fingerprint density at radius 1 is 0.422 bits per heavy atom. The molecule has 2 aliphatic carbocycles. The fourth-order valence-electron chi connectivity index (χ4n) is 10.8. The van der Waals surface area contributed by atoms with Gasteiger partial charge in [-0.1, -0.05) is 152 Å². The third-order valence-electron chi connectivity index (χ3n) is 13.6. The van der Waals surface area contributed by atoms with Gasteiger partial charge in [-0.05, 0) is 141 Å². The fraction of sp³-hybridized carbons (Fsp3) is 0.0492. The quantitative estimate of drug-likeness (QED) is 0.159. The Morgan fingerprint density at radius 3 is 1.70 bits per heavy atom. The van der Waals surface area contributed by atoms with Crippen LogP contribution in [0.2, 0.25) is 0 Å². The maximum absolute atomic E-state index is 6.44. The van der Waals surface area contributed by atoms with Crippen molar-refractivity contribution in [1.29, 1.82) is 0 Å². The van der Waals surface area contributed by atoms with E-state index >= 15 is 0 Å². The summed E-state index contributed by atoms with van der Waals surface area (Å²) in [5, 5.41) is 3.55. The van der Waals surface area contributed by atoms with Crippen molar-refractivity contribution in [2.45, 2.75) is 18.3 Å². The number of hydrogen-bond donors (Lipinski definition) is 0. The van der Waals surface area contributed by atoms with Crippen molar-refractivity contribution < 1.29 is 4.42 Å². The fourth-order valence-corrected chi connectivity index (χ4v) is 12.0. The molecule has 0 unspecified atom stereocenters. The molecule has 13 rings (SSSR count). The molecular formula is C61H41NOS. The molecule has 3 heteroatoms. The molecule has 0 fully saturated rings. The molecule has 2 aliphatic rings. The molecule has 0 aliphatic heterocycles. The first-order valence-corrected chi connectivity index (χ1v) is 23.0. The zero-order valence-electron chi connectivity index (χ0n) is 35.0. The van der Waals surface area contributed by atoms with Crippen LogP contribution in [0.25, 0.3) is 71.5 Å². The Morgan fingerprint density at radius 2 is 1.00 bits per heavy atom. The summed E-state index contributed by atoms with van der Waals surface area (Å²) in [6.07, 6.45) is 4.53. The average Bonchev–Trinajstić information content (AvgIpc) is 4.02. The largest absolute Gasteiger partial charge is 0.456 e. The first-order chi connectivity index (χ1) is 31.7. The Balaban J connectivity index is 1.04. The minimum atomic E-state index is -0.511. The van der Waals surface area contributed by atoms with Gasteiger partial charge in [-0.3, -0.25) is 0 Å². The van der Waals surface area contributed by atoms with E-state index in [1.807, 2.05) is 17.4 Å². The van der Waals surface area contributed by atoms with E-state index in [0.29, 0.717) is 0 Å². The first-order valence-electron chi connectivity index (χ1n) is 22.2. The SMILES string of the molecule is C1=C(C2(c3cc(-c4ccccc4)cc(-c4ccccc4)c3)c3ccccc3-c3ccccc32)CCc2sc3ccc(N(c4ccccc4)c4ccc5c(c4)oc4ccccc45)cc3c21. The van der Waals surface area contributed by atoms with Crippen LogP contribution in [-0.2, 0) is 11.8 Å². The maximum atomic E-state index is 6.44. The molecule has 0 bridgehead atoms. The summed E-state index contributed by atoms with van der Waals surface area (Å²) in [4.78, 5) is 3.82. The van der Waals surface area contributed by atoms with Crippen LogP contribution < -0.4 is 4.90 Å². The summed E-state index contributed by atoms with van der Waals surface area (Å²) < 4.78 is 7.75. The van der Waals surface area contributed by atoms with Crippen molar-refractivity contribution in [3.63, 3.8) is 0 Å². The summed E-state index contributed by atoms with van der Waals surface area (Å²) >= 11 is 1.95. The molecule has 11 aromatic rings. The third kappa shape index (κ3) is 5.71. The number of aryl methyl sites for hydroxylation is 1. The van der Waals surface area contributed by atoms with Crippen molar-refractivity contribution in [3.8, 4) is 33.4 Å². The number of thiophene rings is 1. The maximum Gasteiger partial charge on any atom is 0.137 e. The van der Waals surface area contributed by atoms with E-state index < -0.39 is 5.41 Å². The van der Waals surface area contributed by atoms with Gasteiger partial charge in [-0.15, -0.1) is 11.3 Å². The zero-order chi connectivity index (χ0) is 42.2. The summed E-state index contributed by atoms with van der Waals surface area (Å²) in [6, 6.07) is 80.1. The lowest BCUT2D eigenvalue weighted by atomic mass is 9.64. The van der Waals surface area contributed by atoms with Crippen LogP contribution in [0.5, 0.6) is 0 Å². The molecule has 2 aromatic heterocycles. The van der Waals surface area contributed by atoms with E-state index in [-0.39, 0.29) is 0 Å². The zero-order valence-corrected chi connectivity index (χ0v) is 35.9. The highest BCUT2D eigenvalue weighted by atomic mass is 32.1. The number of hydrogen-bond acceptors (Lipinski definition) is 3. The van der Waals surface area contributed by atoms with Gasteiger partial charge in [-0.2, -0.15) is 0 Å². The summed E-state index contributed by atoms with van der Waals surface area (Å²) in [5.41, 5.74) is 18.8. The molecule has 9 aromatic carbocycles.